The first-order valence-electron chi connectivity index (χ1n) is 6.02. The van der Waals surface area contributed by atoms with Gasteiger partial charge in [0.25, 0.3) is 0 Å². The molecule has 0 amide bonds. The lowest BCUT2D eigenvalue weighted by molar-refractivity contribution is 0.327. The number of terminal acetylenes is 1. The maximum absolute atomic E-state index is 6.15. The van der Waals surface area contributed by atoms with Gasteiger partial charge in [0.1, 0.15) is 5.75 Å². The van der Waals surface area contributed by atoms with Crippen LogP contribution in [0.2, 0.25) is 5.02 Å². The molecule has 1 aromatic carbocycles. The molecule has 0 saturated carbocycles. The highest BCUT2D eigenvalue weighted by Crippen LogP contribution is 2.25. The number of ether oxygens (including phenoxy) is 1. The molecule has 1 rings (SSSR count). The highest BCUT2D eigenvalue weighted by molar-refractivity contribution is 6.32. The van der Waals surface area contributed by atoms with Gasteiger partial charge in [0.2, 0.25) is 0 Å². The number of rotatable bonds is 5. The van der Waals surface area contributed by atoms with E-state index in [4.69, 9.17) is 22.8 Å². The predicted molar refractivity (Wildman–Crippen MR) is 77.0 cm³/mol. The Bertz CT molecular complexity index is 429. The van der Waals surface area contributed by atoms with Gasteiger partial charge in [-0.2, -0.15) is 0 Å². The largest absolute Gasteiger partial charge is 0.491 e. The third-order valence-corrected chi connectivity index (χ3v) is 2.62. The van der Waals surface area contributed by atoms with E-state index in [0.29, 0.717) is 23.8 Å². The lowest BCUT2D eigenvalue weighted by Crippen LogP contribution is -2.35. The first-order chi connectivity index (χ1) is 8.42. The van der Waals surface area contributed by atoms with Crippen LogP contribution in [0.1, 0.15) is 32.8 Å². The van der Waals surface area contributed by atoms with Crippen molar-refractivity contribution < 1.29 is 4.74 Å². The average Bonchev–Trinajstić information content (AvgIpc) is 2.28. The summed E-state index contributed by atoms with van der Waals surface area (Å²) in [5, 5.41) is 4.04. The Morgan fingerprint density at radius 1 is 1.39 bits per heavy atom. The fourth-order valence-electron chi connectivity index (χ4n) is 1.36. The number of hydrogen-bond acceptors (Lipinski definition) is 2. The van der Waals surface area contributed by atoms with Crippen molar-refractivity contribution in [3.05, 3.63) is 28.8 Å². The molecule has 0 radical (unpaired) electrons. The van der Waals surface area contributed by atoms with E-state index in [2.05, 4.69) is 32.0 Å². The number of halogens is 1. The van der Waals surface area contributed by atoms with Gasteiger partial charge in [0.15, 0.2) is 0 Å². The van der Waals surface area contributed by atoms with Crippen molar-refractivity contribution in [2.75, 3.05) is 6.61 Å². The normalized spacial score (nSPS) is 11.1. The Kier molecular flexibility index (Phi) is 5.53. The third-order valence-electron chi connectivity index (χ3n) is 2.32. The average molecular weight is 266 g/mol. The summed E-state index contributed by atoms with van der Waals surface area (Å²) in [6.07, 6.45) is 5.75. The summed E-state index contributed by atoms with van der Waals surface area (Å²) in [5.74, 6) is 3.21. The molecule has 0 aromatic heterocycles. The van der Waals surface area contributed by atoms with Crippen LogP contribution < -0.4 is 10.1 Å². The second kappa shape index (κ2) is 6.68. The van der Waals surface area contributed by atoms with Crippen molar-refractivity contribution in [2.24, 2.45) is 0 Å². The van der Waals surface area contributed by atoms with Crippen LogP contribution in [0.25, 0.3) is 0 Å². The molecular formula is C15H20ClNO. The molecule has 0 atom stereocenters. The quantitative estimate of drug-likeness (QED) is 0.648. The summed E-state index contributed by atoms with van der Waals surface area (Å²) in [4.78, 5) is 0. The summed E-state index contributed by atoms with van der Waals surface area (Å²) in [6.45, 7) is 7.67. The van der Waals surface area contributed by atoms with Gasteiger partial charge in [-0.3, -0.25) is 0 Å². The fourth-order valence-corrected chi connectivity index (χ4v) is 1.62. The molecule has 0 fully saturated rings. The first-order valence-corrected chi connectivity index (χ1v) is 6.40. The Morgan fingerprint density at radius 3 is 2.67 bits per heavy atom. The van der Waals surface area contributed by atoms with Gasteiger partial charge in [-0.05, 0) is 38.5 Å². The molecule has 0 saturated heterocycles. The molecule has 0 aliphatic rings. The second-order valence-electron chi connectivity index (χ2n) is 5.17. The Morgan fingerprint density at radius 2 is 2.11 bits per heavy atom. The lowest BCUT2D eigenvalue weighted by Gasteiger charge is -2.20. The molecule has 0 aliphatic heterocycles. The molecular weight excluding hydrogens is 246 g/mol. The molecule has 1 aromatic rings. The molecule has 18 heavy (non-hydrogen) atoms. The molecule has 3 heteroatoms. The highest BCUT2D eigenvalue weighted by Gasteiger charge is 2.09. The number of hydrogen-bond donors (Lipinski definition) is 1. The predicted octanol–water partition coefficient (Wildman–Crippen LogP) is 3.63. The van der Waals surface area contributed by atoms with Gasteiger partial charge in [-0.15, -0.1) is 12.3 Å². The van der Waals surface area contributed by atoms with E-state index in [1.165, 1.54) is 0 Å². The van der Waals surface area contributed by atoms with E-state index in [9.17, 15) is 0 Å². The molecule has 0 spiro atoms. The van der Waals surface area contributed by atoms with E-state index in [0.717, 1.165) is 12.1 Å². The minimum Gasteiger partial charge on any atom is -0.491 e. The van der Waals surface area contributed by atoms with Gasteiger partial charge in [-0.25, -0.2) is 0 Å². The SMILES string of the molecule is C#CCCOc1ccc(CNC(C)(C)C)cc1Cl. The van der Waals surface area contributed by atoms with Crippen LogP contribution in [-0.2, 0) is 6.54 Å². The molecule has 0 bridgehead atoms. The van der Waals surface area contributed by atoms with Crippen molar-refractivity contribution in [3.8, 4) is 18.1 Å². The third kappa shape index (κ3) is 5.44. The van der Waals surface area contributed by atoms with Gasteiger partial charge >= 0.3 is 0 Å². The number of nitrogens with one attached hydrogen (secondary N) is 1. The zero-order chi connectivity index (χ0) is 13.6. The standard InChI is InChI=1S/C15H20ClNO/c1-5-6-9-18-14-8-7-12(10-13(14)16)11-17-15(2,3)4/h1,7-8,10,17H,6,9,11H2,2-4H3. The monoisotopic (exact) mass is 265 g/mol. The summed E-state index contributed by atoms with van der Waals surface area (Å²) in [6, 6.07) is 5.82. The van der Waals surface area contributed by atoms with Gasteiger partial charge < -0.3 is 10.1 Å². The lowest BCUT2D eigenvalue weighted by atomic mass is 10.1. The van der Waals surface area contributed by atoms with Gasteiger partial charge in [-0.1, -0.05) is 17.7 Å². The van der Waals surface area contributed by atoms with E-state index in [1.54, 1.807) is 0 Å². The van der Waals surface area contributed by atoms with Crippen LogP contribution in [-0.4, -0.2) is 12.1 Å². The van der Waals surface area contributed by atoms with E-state index in [1.807, 2.05) is 18.2 Å². The molecule has 2 nitrogen and oxygen atoms in total. The minimum atomic E-state index is 0.0917. The summed E-state index contributed by atoms with van der Waals surface area (Å²) >= 11 is 6.15. The molecule has 0 unspecified atom stereocenters. The van der Waals surface area contributed by atoms with Crippen LogP contribution in [0.5, 0.6) is 5.75 Å². The summed E-state index contributed by atoms with van der Waals surface area (Å²) in [5.41, 5.74) is 1.23. The Hall–Kier alpha value is -1.17. The summed E-state index contributed by atoms with van der Waals surface area (Å²) < 4.78 is 5.48. The smallest absolute Gasteiger partial charge is 0.137 e. The maximum Gasteiger partial charge on any atom is 0.137 e. The zero-order valence-electron chi connectivity index (χ0n) is 11.2. The maximum atomic E-state index is 6.15. The van der Waals surface area contributed by atoms with Crippen LogP contribution in [0, 0.1) is 12.3 Å². The number of benzene rings is 1. The minimum absolute atomic E-state index is 0.0917. The van der Waals surface area contributed by atoms with Crippen molar-refractivity contribution in [1.29, 1.82) is 0 Å². The van der Waals surface area contributed by atoms with Crippen LogP contribution in [0.15, 0.2) is 18.2 Å². The van der Waals surface area contributed by atoms with E-state index >= 15 is 0 Å². The zero-order valence-corrected chi connectivity index (χ0v) is 12.0. The van der Waals surface area contributed by atoms with E-state index < -0.39 is 0 Å². The van der Waals surface area contributed by atoms with E-state index in [-0.39, 0.29) is 5.54 Å². The van der Waals surface area contributed by atoms with Crippen molar-refractivity contribution >= 4 is 11.6 Å². The first kappa shape index (κ1) is 14.9. The molecule has 0 heterocycles. The second-order valence-corrected chi connectivity index (χ2v) is 5.58. The van der Waals surface area contributed by atoms with Gasteiger partial charge in [0, 0.05) is 18.5 Å². The van der Waals surface area contributed by atoms with Crippen molar-refractivity contribution in [1.82, 2.24) is 5.32 Å². The molecule has 98 valence electrons. The summed E-state index contributed by atoms with van der Waals surface area (Å²) in [7, 11) is 0. The van der Waals surface area contributed by atoms with Crippen molar-refractivity contribution in [2.45, 2.75) is 39.3 Å². The fraction of sp³-hybridized carbons (Fsp3) is 0.467. The Balaban J connectivity index is 2.59. The topological polar surface area (TPSA) is 21.3 Å². The molecule has 0 aliphatic carbocycles. The Labute approximate surface area is 115 Å². The highest BCUT2D eigenvalue weighted by atomic mass is 35.5. The van der Waals surface area contributed by atoms with Crippen LogP contribution in [0.3, 0.4) is 0 Å². The molecule has 1 N–H and O–H groups in total. The van der Waals surface area contributed by atoms with Crippen molar-refractivity contribution in [3.63, 3.8) is 0 Å². The van der Waals surface area contributed by atoms with Crippen LogP contribution >= 0.6 is 11.6 Å². The van der Waals surface area contributed by atoms with Gasteiger partial charge in [0.05, 0.1) is 11.6 Å². The van der Waals surface area contributed by atoms with Crippen LogP contribution in [0.4, 0.5) is 0 Å².